The van der Waals surface area contributed by atoms with Crippen LogP contribution in [0.1, 0.15) is 24.7 Å². The summed E-state index contributed by atoms with van der Waals surface area (Å²) in [7, 11) is -3.66. The second kappa shape index (κ2) is 6.85. The number of benzene rings is 1. The van der Waals surface area contributed by atoms with Crippen molar-refractivity contribution in [1.82, 2.24) is 18.8 Å². The first-order valence-corrected chi connectivity index (χ1v) is 10.2. The van der Waals surface area contributed by atoms with Crippen LogP contribution in [0.2, 0.25) is 0 Å². The van der Waals surface area contributed by atoms with Gasteiger partial charge in [0.05, 0.1) is 4.90 Å². The molecular formula is C18H17F3N4O2S. The van der Waals surface area contributed by atoms with Gasteiger partial charge in [0.25, 0.3) is 0 Å². The van der Waals surface area contributed by atoms with Crippen molar-refractivity contribution < 1.29 is 21.6 Å². The zero-order valence-corrected chi connectivity index (χ0v) is 15.5. The maximum atomic E-state index is 13.5. The van der Waals surface area contributed by atoms with Crippen LogP contribution in [0, 0.1) is 0 Å². The summed E-state index contributed by atoms with van der Waals surface area (Å²) in [6, 6.07) is 10.5. The molecule has 1 aliphatic rings. The van der Waals surface area contributed by atoms with Crippen LogP contribution in [0.4, 0.5) is 13.2 Å². The van der Waals surface area contributed by atoms with Crippen molar-refractivity contribution in [1.29, 1.82) is 0 Å². The SMILES string of the molecule is O=S(=O)(c1ccccc1)N1CCC(n2c(C(F)(F)F)nc3cccnc32)CC1. The van der Waals surface area contributed by atoms with Gasteiger partial charge in [0.1, 0.15) is 5.52 Å². The van der Waals surface area contributed by atoms with Gasteiger partial charge in [-0.1, -0.05) is 18.2 Å². The molecule has 0 aliphatic carbocycles. The Bertz CT molecular complexity index is 1090. The topological polar surface area (TPSA) is 68.1 Å². The van der Waals surface area contributed by atoms with Crippen LogP contribution >= 0.6 is 0 Å². The third-order valence-electron chi connectivity index (χ3n) is 4.87. The van der Waals surface area contributed by atoms with E-state index >= 15 is 0 Å². The first-order chi connectivity index (χ1) is 13.3. The summed E-state index contributed by atoms with van der Waals surface area (Å²) >= 11 is 0. The number of rotatable bonds is 3. The molecule has 3 heterocycles. The maximum absolute atomic E-state index is 13.5. The molecule has 1 fully saturated rings. The van der Waals surface area contributed by atoms with E-state index in [1.807, 2.05) is 0 Å². The molecule has 148 valence electrons. The molecule has 0 amide bonds. The zero-order valence-electron chi connectivity index (χ0n) is 14.7. The third kappa shape index (κ3) is 3.26. The molecule has 1 aromatic carbocycles. The van der Waals surface area contributed by atoms with Crippen LogP contribution in [0.15, 0.2) is 53.6 Å². The molecule has 6 nitrogen and oxygen atoms in total. The average molecular weight is 410 g/mol. The molecule has 0 unspecified atom stereocenters. The molecule has 0 spiro atoms. The lowest BCUT2D eigenvalue weighted by Crippen LogP contribution is -2.39. The van der Waals surface area contributed by atoms with Crippen molar-refractivity contribution in [2.75, 3.05) is 13.1 Å². The lowest BCUT2D eigenvalue weighted by atomic mass is 10.1. The summed E-state index contributed by atoms with van der Waals surface area (Å²) < 4.78 is 68.4. The van der Waals surface area contributed by atoms with Crippen LogP contribution < -0.4 is 0 Å². The Balaban J connectivity index is 1.63. The first-order valence-electron chi connectivity index (χ1n) is 8.74. The number of alkyl halides is 3. The van der Waals surface area contributed by atoms with E-state index in [1.54, 1.807) is 18.2 Å². The standard InChI is InChI=1S/C18H17F3N4O2S/c19-18(20,21)17-23-15-7-4-10-22-16(15)25(17)13-8-11-24(12-9-13)28(26,27)14-5-2-1-3-6-14/h1-7,10,13H,8-9,11-12H2. The number of nitrogens with zero attached hydrogens (tertiary/aromatic N) is 4. The molecule has 2 aromatic heterocycles. The molecule has 1 aliphatic heterocycles. The van der Waals surface area contributed by atoms with Gasteiger partial charge in [-0.2, -0.15) is 17.5 Å². The lowest BCUT2D eigenvalue weighted by molar-refractivity contribution is -0.147. The monoisotopic (exact) mass is 410 g/mol. The largest absolute Gasteiger partial charge is 0.449 e. The Hall–Kier alpha value is -2.46. The van der Waals surface area contributed by atoms with Crippen LogP contribution in [-0.4, -0.2) is 40.3 Å². The van der Waals surface area contributed by atoms with Crippen molar-refractivity contribution in [3.05, 3.63) is 54.5 Å². The van der Waals surface area contributed by atoms with E-state index in [0.717, 1.165) is 4.57 Å². The van der Waals surface area contributed by atoms with Gasteiger partial charge < -0.3 is 4.57 Å². The summed E-state index contributed by atoms with van der Waals surface area (Å²) in [6.45, 7) is 0.261. The number of hydrogen-bond acceptors (Lipinski definition) is 4. The van der Waals surface area contributed by atoms with Crippen LogP contribution in [0.5, 0.6) is 0 Å². The van der Waals surface area contributed by atoms with Gasteiger partial charge in [0, 0.05) is 25.3 Å². The van der Waals surface area contributed by atoms with Gasteiger partial charge in [-0.25, -0.2) is 18.4 Å². The Morgan fingerprint density at radius 2 is 1.68 bits per heavy atom. The number of hydrogen-bond donors (Lipinski definition) is 0. The summed E-state index contributed by atoms with van der Waals surface area (Å²) in [6.07, 6.45) is -2.70. The average Bonchev–Trinajstić information content (AvgIpc) is 3.09. The van der Waals surface area contributed by atoms with Crippen LogP contribution in [0.3, 0.4) is 0 Å². The number of pyridine rings is 1. The summed E-state index contributed by atoms with van der Waals surface area (Å²) in [5.74, 6) is -0.995. The van der Waals surface area contributed by atoms with Gasteiger partial charge in [0.2, 0.25) is 15.8 Å². The summed E-state index contributed by atoms with van der Waals surface area (Å²) in [4.78, 5) is 7.97. The fourth-order valence-corrected chi connectivity index (χ4v) is 5.05. The Kier molecular flexibility index (Phi) is 4.62. The molecular weight excluding hydrogens is 393 g/mol. The molecule has 0 atom stereocenters. The number of piperidine rings is 1. The van der Waals surface area contributed by atoms with E-state index in [-0.39, 0.29) is 42.0 Å². The number of sulfonamides is 1. The number of imidazole rings is 1. The molecule has 0 N–H and O–H groups in total. The van der Waals surface area contributed by atoms with Gasteiger partial charge in [0.15, 0.2) is 5.65 Å². The highest BCUT2D eigenvalue weighted by Crippen LogP contribution is 2.36. The van der Waals surface area contributed by atoms with Gasteiger partial charge in [-0.05, 0) is 37.1 Å². The van der Waals surface area contributed by atoms with Gasteiger partial charge in [-0.3, -0.25) is 0 Å². The molecule has 4 rings (SSSR count). The molecule has 28 heavy (non-hydrogen) atoms. The van der Waals surface area contributed by atoms with Gasteiger partial charge >= 0.3 is 6.18 Å². The minimum absolute atomic E-state index is 0.131. The molecule has 0 radical (unpaired) electrons. The molecule has 1 saturated heterocycles. The smallest absolute Gasteiger partial charge is 0.302 e. The highest BCUT2D eigenvalue weighted by Gasteiger charge is 2.41. The van der Waals surface area contributed by atoms with E-state index in [4.69, 9.17) is 0 Å². The van der Waals surface area contributed by atoms with E-state index in [9.17, 15) is 21.6 Å². The van der Waals surface area contributed by atoms with Crippen molar-refractivity contribution in [2.24, 2.45) is 0 Å². The number of fused-ring (bicyclic) bond motifs is 1. The normalized spacial score (nSPS) is 17.2. The molecule has 10 heteroatoms. The van der Waals surface area contributed by atoms with E-state index in [0.29, 0.717) is 0 Å². The van der Waals surface area contributed by atoms with Gasteiger partial charge in [-0.15, -0.1) is 0 Å². The minimum atomic E-state index is -4.62. The molecule has 0 saturated carbocycles. The predicted octanol–water partition coefficient (Wildman–Crippen LogP) is 3.48. The second-order valence-electron chi connectivity index (χ2n) is 6.60. The Labute approximate surface area is 159 Å². The van der Waals surface area contributed by atoms with Crippen LogP contribution in [-0.2, 0) is 16.2 Å². The Morgan fingerprint density at radius 3 is 2.32 bits per heavy atom. The molecule has 0 bridgehead atoms. The fraction of sp³-hybridized carbons (Fsp3) is 0.333. The maximum Gasteiger partial charge on any atom is 0.449 e. The Morgan fingerprint density at radius 1 is 1.00 bits per heavy atom. The second-order valence-corrected chi connectivity index (χ2v) is 8.54. The van der Waals surface area contributed by atoms with E-state index in [2.05, 4.69) is 9.97 Å². The van der Waals surface area contributed by atoms with E-state index < -0.39 is 28.1 Å². The number of halogens is 3. The molecule has 3 aromatic rings. The van der Waals surface area contributed by atoms with Crippen molar-refractivity contribution in [3.63, 3.8) is 0 Å². The zero-order chi connectivity index (χ0) is 19.9. The first kappa shape index (κ1) is 18.9. The lowest BCUT2D eigenvalue weighted by Gasteiger charge is -2.32. The number of aromatic nitrogens is 3. The van der Waals surface area contributed by atoms with Crippen molar-refractivity contribution in [2.45, 2.75) is 30.0 Å². The highest BCUT2D eigenvalue weighted by molar-refractivity contribution is 7.89. The van der Waals surface area contributed by atoms with Crippen molar-refractivity contribution >= 4 is 21.2 Å². The third-order valence-corrected chi connectivity index (χ3v) is 6.78. The quantitative estimate of drug-likeness (QED) is 0.663. The summed E-state index contributed by atoms with van der Waals surface area (Å²) in [5.41, 5.74) is 0.341. The highest BCUT2D eigenvalue weighted by atomic mass is 32.2. The predicted molar refractivity (Wildman–Crippen MR) is 96.0 cm³/mol. The summed E-state index contributed by atoms with van der Waals surface area (Å²) in [5, 5.41) is 0. The van der Waals surface area contributed by atoms with E-state index in [1.165, 1.54) is 34.8 Å². The van der Waals surface area contributed by atoms with Crippen molar-refractivity contribution in [3.8, 4) is 0 Å². The minimum Gasteiger partial charge on any atom is -0.302 e. The fourth-order valence-electron chi connectivity index (χ4n) is 3.56. The van der Waals surface area contributed by atoms with Crippen LogP contribution in [0.25, 0.3) is 11.2 Å².